The third-order valence-corrected chi connectivity index (χ3v) is 6.60. The molecule has 7 nitrogen and oxygen atoms in total. The minimum Gasteiger partial charge on any atom is -0.342 e. The molecule has 0 bridgehead atoms. The number of piperidine rings is 1. The number of para-hydroxylation sites is 2. The molecule has 0 unspecified atom stereocenters. The maximum atomic E-state index is 13.0. The Balaban J connectivity index is 1.34. The van der Waals surface area contributed by atoms with Gasteiger partial charge in [-0.3, -0.25) is 14.5 Å². The van der Waals surface area contributed by atoms with Crippen molar-refractivity contribution in [1.82, 2.24) is 24.3 Å². The van der Waals surface area contributed by atoms with Gasteiger partial charge in [-0.15, -0.1) is 0 Å². The summed E-state index contributed by atoms with van der Waals surface area (Å²) < 4.78 is 27.5. The summed E-state index contributed by atoms with van der Waals surface area (Å²) in [6, 6.07) is 7.14. The van der Waals surface area contributed by atoms with E-state index in [4.69, 9.17) is 0 Å². The van der Waals surface area contributed by atoms with Crippen LogP contribution in [0.15, 0.2) is 29.4 Å². The number of thioether (sulfide) groups is 1. The highest BCUT2D eigenvalue weighted by molar-refractivity contribution is 7.99. The average Bonchev–Trinajstić information content (AvgIpc) is 3.11. The SMILES string of the molecule is O=C(CN1CCN(C(=O)Cn2c(SC(F)F)nc3ccccc32)CC1)N1CCCCC1. The lowest BCUT2D eigenvalue weighted by molar-refractivity contribution is -0.136. The highest BCUT2D eigenvalue weighted by Gasteiger charge is 2.26. The van der Waals surface area contributed by atoms with E-state index in [0.717, 1.165) is 25.9 Å². The number of amides is 2. The van der Waals surface area contributed by atoms with Crippen molar-refractivity contribution in [3.63, 3.8) is 0 Å². The molecule has 0 atom stereocenters. The van der Waals surface area contributed by atoms with Crippen molar-refractivity contribution in [3.05, 3.63) is 24.3 Å². The van der Waals surface area contributed by atoms with Crippen LogP contribution in [0.3, 0.4) is 0 Å². The number of aromatic nitrogens is 2. The molecule has 2 aliphatic heterocycles. The van der Waals surface area contributed by atoms with E-state index in [1.54, 1.807) is 33.7 Å². The van der Waals surface area contributed by atoms with Crippen LogP contribution >= 0.6 is 11.8 Å². The van der Waals surface area contributed by atoms with Crippen LogP contribution in [-0.4, -0.2) is 87.6 Å². The highest BCUT2D eigenvalue weighted by Crippen LogP contribution is 2.28. The van der Waals surface area contributed by atoms with Gasteiger partial charge in [-0.2, -0.15) is 8.78 Å². The standard InChI is InChI=1S/C21H27F2N5O2S/c22-20(23)31-21-24-16-6-2-3-7-17(16)28(21)15-19(30)27-12-10-25(11-13-27)14-18(29)26-8-4-1-5-9-26/h2-3,6-7,20H,1,4-5,8-15H2. The number of likely N-dealkylation sites (tertiary alicyclic amines) is 1. The first-order valence-electron chi connectivity index (χ1n) is 10.7. The summed E-state index contributed by atoms with van der Waals surface area (Å²) in [5, 5.41) is 0.148. The number of benzene rings is 1. The number of alkyl halides is 2. The molecule has 31 heavy (non-hydrogen) atoms. The molecule has 0 spiro atoms. The number of piperazine rings is 1. The second kappa shape index (κ2) is 9.95. The lowest BCUT2D eigenvalue weighted by Crippen LogP contribution is -2.52. The van der Waals surface area contributed by atoms with E-state index in [2.05, 4.69) is 9.88 Å². The van der Waals surface area contributed by atoms with Crippen molar-refractivity contribution < 1.29 is 18.4 Å². The molecule has 1 aromatic heterocycles. The molecular formula is C21H27F2N5O2S. The van der Waals surface area contributed by atoms with Crippen LogP contribution in [0, 0.1) is 0 Å². The van der Waals surface area contributed by atoms with Crippen molar-refractivity contribution >= 4 is 34.6 Å². The van der Waals surface area contributed by atoms with Gasteiger partial charge in [-0.1, -0.05) is 12.1 Å². The third-order valence-electron chi connectivity index (χ3n) is 5.90. The Kier molecular flexibility index (Phi) is 7.06. The van der Waals surface area contributed by atoms with Gasteiger partial charge in [0.25, 0.3) is 5.76 Å². The van der Waals surface area contributed by atoms with Crippen molar-refractivity contribution in [2.45, 2.75) is 36.7 Å². The Labute approximate surface area is 184 Å². The third kappa shape index (κ3) is 5.35. The first-order chi connectivity index (χ1) is 15.0. The highest BCUT2D eigenvalue weighted by atomic mass is 32.2. The first-order valence-corrected chi connectivity index (χ1v) is 11.6. The smallest absolute Gasteiger partial charge is 0.291 e. The van der Waals surface area contributed by atoms with E-state index < -0.39 is 5.76 Å². The van der Waals surface area contributed by atoms with E-state index in [-0.39, 0.29) is 23.5 Å². The summed E-state index contributed by atoms with van der Waals surface area (Å²) in [5.41, 5.74) is 1.27. The number of carbonyl (C=O) groups is 2. The number of hydrogen-bond donors (Lipinski definition) is 0. The zero-order chi connectivity index (χ0) is 21.8. The van der Waals surface area contributed by atoms with E-state index in [1.165, 1.54) is 6.42 Å². The maximum Gasteiger partial charge on any atom is 0.291 e. The fourth-order valence-corrected chi connectivity index (χ4v) is 4.80. The molecule has 2 aliphatic rings. The zero-order valence-corrected chi connectivity index (χ0v) is 18.2. The number of carbonyl (C=O) groups excluding carboxylic acids is 2. The summed E-state index contributed by atoms with van der Waals surface area (Å²) >= 11 is 0.358. The molecule has 2 saturated heterocycles. The van der Waals surface area contributed by atoms with Gasteiger partial charge in [0.2, 0.25) is 11.8 Å². The quantitative estimate of drug-likeness (QED) is 0.632. The molecule has 168 valence electrons. The first kappa shape index (κ1) is 22.0. The summed E-state index contributed by atoms with van der Waals surface area (Å²) in [6.45, 7) is 4.37. The Morgan fingerprint density at radius 2 is 1.55 bits per heavy atom. The Morgan fingerprint density at radius 3 is 2.26 bits per heavy atom. The van der Waals surface area contributed by atoms with Gasteiger partial charge >= 0.3 is 0 Å². The molecule has 0 saturated carbocycles. The van der Waals surface area contributed by atoms with Crippen LogP contribution in [0.4, 0.5) is 8.78 Å². The summed E-state index contributed by atoms with van der Waals surface area (Å²) in [6.07, 6.45) is 3.33. The summed E-state index contributed by atoms with van der Waals surface area (Å²) in [4.78, 5) is 35.4. The maximum absolute atomic E-state index is 13.0. The second-order valence-electron chi connectivity index (χ2n) is 7.95. The van der Waals surface area contributed by atoms with Crippen LogP contribution in [0.2, 0.25) is 0 Å². The van der Waals surface area contributed by atoms with Crippen LogP contribution < -0.4 is 0 Å². The minimum atomic E-state index is -2.60. The van der Waals surface area contributed by atoms with Crippen molar-refractivity contribution in [1.29, 1.82) is 0 Å². The van der Waals surface area contributed by atoms with Crippen LogP contribution in [0.5, 0.6) is 0 Å². The molecule has 2 amide bonds. The Hall–Kier alpha value is -2.20. The van der Waals surface area contributed by atoms with E-state index in [1.807, 2.05) is 4.90 Å². The molecular weight excluding hydrogens is 424 g/mol. The topological polar surface area (TPSA) is 61.7 Å². The van der Waals surface area contributed by atoms with Gasteiger partial charge in [0, 0.05) is 39.3 Å². The van der Waals surface area contributed by atoms with Gasteiger partial charge in [0.1, 0.15) is 6.54 Å². The molecule has 10 heteroatoms. The van der Waals surface area contributed by atoms with Crippen LogP contribution in [0.1, 0.15) is 19.3 Å². The van der Waals surface area contributed by atoms with E-state index in [0.29, 0.717) is 55.5 Å². The van der Waals surface area contributed by atoms with Crippen molar-refractivity contribution in [2.75, 3.05) is 45.8 Å². The van der Waals surface area contributed by atoms with Crippen LogP contribution in [-0.2, 0) is 16.1 Å². The summed E-state index contributed by atoms with van der Waals surface area (Å²) in [7, 11) is 0. The lowest BCUT2D eigenvalue weighted by Gasteiger charge is -2.36. The number of hydrogen-bond acceptors (Lipinski definition) is 5. The predicted octanol–water partition coefficient (Wildman–Crippen LogP) is 2.51. The molecule has 1 aromatic carbocycles. The molecule has 4 rings (SSSR count). The second-order valence-corrected chi connectivity index (χ2v) is 8.90. The largest absolute Gasteiger partial charge is 0.342 e. The Morgan fingerprint density at radius 1 is 0.903 bits per heavy atom. The van der Waals surface area contributed by atoms with Gasteiger partial charge in [-0.25, -0.2) is 4.98 Å². The number of fused-ring (bicyclic) bond motifs is 1. The van der Waals surface area contributed by atoms with Crippen molar-refractivity contribution in [2.24, 2.45) is 0 Å². The predicted molar refractivity (Wildman–Crippen MR) is 115 cm³/mol. The fraction of sp³-hybridized carbons (Fsp3) is 0.571. The van der Waals surface area contributed by atoms with Gasteiger partial charge in [-0.05, 0) is 43.2 Å². The van der Waals surface area contributed by atoms with Gasteiger partial charge < -0.3 is 14.4 Å². The van der Waals surface area contributed by atoms with Crippen molar-refractivity contribution in [3.8, 4) is 0 Å². The van der Waals surface area contributed by atoms with E-state index in [9.17, 15) is 18.4 Å². The molecule has 0 N–H and O–H groups in total. The zero-order valence-electron chi connectivity index (χ0n) is 17.4. The Bertz CT molecular complexity index is 924. The number of rotatable bonds is 6. The lowest BCUT2D eigenvalue weighted by atomic mass is 10.1. The minimum absolute atomic E-state index is 0.0255. The number of halogens is 2. The molecule has 0 radical (unpaired) electrons. The fourth-order valence-electron chi connectivity index (χ4n) is 4.20. The molecule has 0 aliphatic carbocycles. The van der Waals surface area contributed by atoms with E-state index >= 15 is 0 Å². The van der Waals surface area contributed by atoms with Gasteiger partial charge in [0.15, 0.2) is 5.16 Å². The normalized spacial score (nSPS) is 18.2. The van der Waals surface area contributed by atoms with Gasteiger partial charge in [0.05, 0.1) is 17.6 Å². The van der Waals surface area contributed by atoms with Crippen LogP contribution in [0.25, 0.3) is 11.0 Å². The molecule has 3 heterocycles. The molecule has 2 aromatic rings. The average molecular weight is 452 g/mol. The number of nitrogens with zero attached hydrogens (tertiary/aromatic N) is 5. The summed E-state index contributed by atoms with van der Waals surface area (Å²) in [5.74, 6) is -2.56. The monoisotopic (exact) mass is 451 g/mol. The number of imidazole rings is 1. The molecule has 2 fully saturated rings.